The van der Waals surface area contributed by atoms with Gasteiger partial charge in [-0.1, -0.05) is 96.1 Å². The number of aryl methyl sites for hydroxylation is 1. The van der Waals surface area contributed by atoms with Gasteiger partial charge in [0.05, 0.1) is 45.9 Å². The first-order chi connectivity index (χ1) is 32.0. The number of nitrogens with one attached hydrogen (secondary N) is 1. The van der Waals surface area contributed by atoms with Gasteiger partial charge in [0.1, 0.15) is 18.1 Å². The number of fused-ring (bicyclic) bond motifs is 4. The van der Waals surface area contributed by atoms with Crippen LogP contribution in [0.5, 0.6) is 11.5 Å². The standard InChI is InChI=1S/C54H48N6O6/c1-33-14-16-38(17-15-33)57-60-51(63)46-31-45-42(28-29-44-48(45)52(64)59(50(44)62)40-24-20-37(21-25-40)56-55-36-18-22-39(23-19-36)58(2)3)49(54(46,53(60)65)35-12-8-5-9-13-35)43-27-26-41(30-47(43)61)66-32-34-10-6-4-7-11-34/h4-28,30,44-46,48-49,57,61H,29,31-32H2,1-3H3. The predicted molar refractivity (Wildman–Crippen MR) is 252 cm³/mol. The fourth-order valence-electron chi connectivity index (χ4n) is 10.5. The average molecular weight is 877 g/mol. The monoisotopic (exact) mass is 876 g/mol. The first kappa shape index (κ1) is 42.1. The molecule has 3 fully saturated rings. The molecule has 6 unspecified atom stereocenters. The Balaban J connectivity index is 1.03. The van der Waals surface area contributed by atoms with Crippen LogP contribution in [0.1, 0.15) is 41.0 Å². The number of phenolic OH excluding ortho intramolecular Hbond substituents is 1. The zero-order chi connectivity index (χ0) is 45.7. The number of aromatic hydroxyl groups is 1. The molecular weight excluding hydrogens is 829 g/mol. The second-order valence-electron chi connectivity index (χ2n) is 17.7. The number of hydrogen-bond acceptors (Lipinski definition) is 10. The Morgan fingerprint density at radius 3 is 2.05 bits per heavy atom. The van der Waals surface area contributed by atoms with Crippen LogP contribution in [0.15, 0.2) is 174 Å². The summed E-state index contributed by atoms with van der Waals surface area (Å²) >= 11 is 0. The van der Waals surface area contributed by atoms with Crippen LogP contribution >= 0.6 is 0 Å². The maximum atomic E-state index is 15.6. The number of amides is 4. The number of hydrazine groups is 1. The van der Waals surface area contributed by atoms with Gasteiger partial charge >= 0.3 is 0 Å². The van der Waals surface area contributed by atoms with Gasteiger partial charge in [-0.05, 0) is 104 Å². The highest BCUT2D eigenvalue weighted by atomic mass is 16.5. The molecule has 66 heavy (non-hydrogen) atoms. The molecule has 0 aromatic heterocycles. The van der Waals surface area contributed by atoms with Gasteiger partial charge in [-0.25, -0.2) is 0 Å². The maximum absolute atomic E-state index is 15.6. The number of anilines is 3. The first-order valence-electron chi connectivity index (χ1n) is 22.2. The zero-order valence-corrected chi connectivity index (χ0v) is 36.7. The fraction of sp³-hybridized carbons (Fsp3) is 0.222. The molecule has 4 aliphatic rings. The third-order valence-corrected chi connectivity index (χ3v) is 13.7. The molecule has 2 aliphatic heterocycles. The Kier molecular flexibility index (Phi) is 10.8. The molecule has 0 radical (unpaired) electrons. The normalized spacial score (nSPS) is 23.4. The molecule has 330 valence electrons. The summed E-state index contributed by atoms with van der Waals surface area (Å²) in [6.07, 6.45) is 2.33. The summed E-state index contributed by atoms with van der Waals surface area (Å²) in [5, 5.41) is 22.0. The number of imide groups is 2. The number of nitrogens with zero attached hydrogens (tertiary/aromatic N) is 5. The number of carbonyl (C=O) groups is 4. The van der Waals surface area contributed by atoms with Crippen LogP contribution in [0.4, 0.5) is 28.4 Å². The number of phenols is 1. The van der Waals surface area contributed by atoms with Gasteiger partial charge in [0.15, 0.2) is 0 Å². The highest BCUT2D eigenvalue weighted by Gasteiger charge is 2.70. The summed E-state index contributed by atoms with van der Waals surface area (Å²) in [5.41, 5.74) is 8.55. The van der Waals surface area contributed by atoms with Crippen molar-refractivity contribution in [1.29, 1.82) is 0 Å². The van der Waals surface area contributed by atoms with Crippen molar-refractivity contribution >= 4 is 52.1 Å². The molecule has 6 atom stereocenters. The average Bonchev–Trinajstić information content (AvgIpc) is 3.72. The van der Waals surface area contributed by atoms with Crippen molar-refractivity contribution < 1.29 is 29.0 Å². The lowest BCUT2D eigenvalue weighted by Gasteiger charge is -2.50. The van der Waals surface area contributed by atoms with E-state index in [4.69, 9.17) is 4.74 Å². The minimum Gasteiger partial charge on any atom is -0.508 e. The van der Waals surface area contributed by atoms with Gasteiger partial charge in [0.2, 0.25) is 11.8 Å². The Morgan fingerprint density at radius 1 is 0.742 bits per heavy atom. The molecule has 12 heteroatoms. The highest BCUT2D eigenvalue weighted by molar-refractivity contribution is 6.22. The van der Waals surface area contributed by atoms with Crippen molar-refractivity contribution in [3.8, 4) is 11.5 Å². The lowest BCUT2D eigenvalue weighted by molar-refractivity contribution is -0.138. The topological polar surface area (TPSA) is 144 Å². The van der Waals surface area contributed by atoms with Crippen molar-refractivity contribution in [1.82, 2.24) is 5.01 Å². The lowest BCUT2D eigenvalue weighted by atomic mass is 9.49. The van der Waals surface area contributed by atoms with Gasteiger partial charge in [0.25, 0.3) is 11.8 Å². The smallest absolute Gasteiger partial charge is 0.260 e. The Morgan fingerprint density at radius 2 is 1.39 bits per heavy atom. The van der Waals surface area contributed by atoms with E-state index in [2.05, 4.69) is 15.7 Å². The molecule has 10 rings (SSSR count). The van der Waals surface area contributed by atoms with Crippen LogP contribution in [0.3, 0.4) is 0 Å². The van der Waals surface area contributed by atoms with Crippen molar-refractivity contribution in [2.75, 3.05) is 29.3 Å². The van der Waals surface area contributed by atoms with Gasteiger partial charge in [-0.3, -0.25) is 29.5 Å². The second kappa shape index (κ2) is 16.9. The summed E-state index contributed by atoms with van der Waals surface area (Å²) < 4.78 is 6.12. The summed E-state index contributed by atoms with van der Waals surface area (Å²) in [4.78, 5) is 63.3. The number of benzene rings is 6. The predicted octanol–water partition coefficient (Wildman–Crippen LogP) is 9.95. The van der Waals surface area contributed by atoms with Crippen molar-refractivity contribution in [3.63, 3.8) is 0 Å². The molecule has 0 spiro atoms. The van der Waals surface area contributed by atoms with Gasteiger partial charge in [-0.2, -0.15) is 15.2 Å². The van der Waals surface area contributed by atoms with Gasteiger partial charge in [-0.15, -0.1) is 0 Å². The largest absolute Gasteiger partial charge is 0.508 e. The minimum atomic E-state index is -1.54. The van der Waals surface area contributed by atoms with Gasteiger partial charge < -0.3 is 14.7 Å². The van der Waals surface area contributed by atoms with E-state index < -0.39 is 46.8 Å². The lowest BCUT2D eigenvalue weighted by Crippen LogP contribution is -2.53. The molecule has 2 saturated heterocycles. The van der Waals surface area contributed by atoms with Crippen LogP contribution in [0, 0.1) is 30.6 Å². The number of rotatable bonds is 11. The number of allylic oxidation sites excluding steroid dienone is 2. The number of carbonyl (C=O) groups excluding carboxylic acids is 4. The van der Waals surface area contributed by atoms with E-state index in [1.807, 2.05) is 141 Å². The molecule has 1 saturated carbocycles. The molecule has 4 amide bonds. The summed E-state index contributed by atoms with van der Waals surface area (Å²) in [5.74, 6) is -5.35. The Labute approximate surface area is 382 Å². The molecule has 6 aromatic rings. The summed E-state index contributed by atoms with van der Waals surface area (Å²) in [6.45, 7) is 2.23. The molecule has 2 heterocycles. The van der Waals surface area contributed by atoms with Crippen molar-refractivity contribution in [2.45, 2.75) is 37.7 Å². The van der Waals surface area contributed by atoms with E-state index in [1.54, 1.807) is 42.5 Å². The van der Waals surface area contributed by atoms with Crippen LogP contribution in [-0.4, -0.2) is 47.8 Å². The van der Waals surface area contributed by atoms with E-state index in [-0.39, 0.29) is 37.0 Å². The van der Waals surface area contributed by atoms with Crippen LogP contribution in [0.25, 0.3) is 0 Å². The highest BCUT2D eigenvalue weighted by Crippen LogP contribution is 2.65. The number of ether oxygens (including phenoxy) is 1. The third-order valence-electron chi connectivity index (χ3n) is 13.7. The van der Waals surface area contributed by atoms with Gasteiger partial charge in [0, 0.05) is 37.3 Å². The SMILES string of the molecule is Cc1ccc(NN2C(=O)C3CC4C(=CCC5C(=O)N(c6ccc(N=Nc7ccc(N(C)C)cc7)cc6)C(=O)C54)C(c4ccc(OCc5ccccc5)cc4O)C3(c3ccccc3)C2=O)cc1. The number of azo groups is 1. The number of hydrogen-bond donors (Lipinski definition) is 2. The molecular formula is C54H48N6O6. The second-order valence-corrected chi connectivity index (χ2v) is 17.7. The van der Waals surface area contributed by atoms with Crippen LogP contribution < -0.4 is 20.0 Å². The molecule has 2 aliphatic carbocycles. The molecule has 12 nitrogen and oxygen atoms in total. The minimum absolute atomic E-state index is 0.119. The van der Waals surface area contributed by atoms with Crippen LogP contribution in [-0.2, 0) is 31.2 Å². The molecule has 2 N–H and O–H groups in total. The molecule has 0 bridgehead atoms. The van der Waals surface area contributed by atoms with E-state index in [0.717, 1.165) is 27.4 Å². The zero-order valence-electron chi connectivity index (χ0n) is 36.7. The first-order valence-corrected chi connectivity index (χ1v) is 22.2. The van der Waals surface area contributed by atoms with Crippen molar-refractivity contribution in [2.24, 2.45) is 33.9 Å². The van der Waals surface area contributed by atoms with E-state index in [9.17, 15) is 14.7 Å². The Hall–Kier alpha value is -7.86. The quantitative estimate of drug-likeness (QED) is 0.0744. The Bertz CT molecular complexity index is 2900. The van der Waals surface area contributed by atoms with E-state index >= 15 is 9.59 Å². The maximum Gasteiger partial charge on any atom is 0.260 e. The summed E-state index contributed by atoms with van der Waals surface area (Å²) in [6, 6.07) is 45.9. The summed E-state index contributed by atoms with van der Waals surface area (Å²) in [7, 11) is 3.93. The van der Waals surface area contributed by atoms with Crippen molar-refractivity contribution in [3.05, 3.63) is 186 Å². The van der Waals surface area contributed by atoms with E-state index in [0.29, 0.717) is 39.6 Å². The van der Waals surface area contributed by atoms with Crippen LogP contribution in [0.2, 0.25) is 0 Å². The van der Waals surface area contributed by atoms with E-state index in [1.165, 1.54) is 4.90 Å². The third kappa shape index (κ3) is 7.18. The fourth-order valence-corrected chi connectivity index (χ4v) is 10.5. The molecule has 6 aromatic carbocycles.